The van der Waals surface area contributed by atoms with Gasteiger partial charge in [-0.1, -0.05) is 35.6 Å². The first-order chi connectivity index (χ1) is 15.0. The van der Waals surface area contributed by atoms with E-state index in [-0.39, 0.29) is 31.8 Å². The summed E-state index contributed by atoms with van der Waals surface area (Å²) in [6.45, 7) is 2.21. The summed E-state index contributed by atoms with van der Waals surface area (Å²) in [6, 6.07) is 12.0. The topological polar surface area (TPSA) is 66.0 Å². The van der Waals surface area contributed by atoms with Gasteiger partial charge in [-0.15, -0.1) is 12.8 Å². The fourth-order valence-corrected chi connectivity index (χ4v) is 2.79. The minimum Gasteiger partial charge on any atom is -0.493 e. The van der Waals surface area contributed by atoms with E-state index >= 15 is 0 Å². The monoisotopic (exact) mass is 441 g/mol. The molecule has 0 radical (unpaired) electrons. The molecule has 2 rings (SSSR count). The van der Waals surface area contributed by atoms with E-state index < -0.39 is 6.10 Å². The van der Waals surface area contributed by atoms with Gasteiger partial charge in [-0.2, -0.15) is 0 Å². The molecule has 0 fully saturated rings. The van der Waals surface area contributed by atoms with Crippen LogP contribution in [-0.4, -0.2) is 38.9 Å². The van der Waals surface area contributed by atoms with Gasteiger partial charge in [0.2, 0.25) is 0 Å². The standard InChI is InChI=1S/C24H24ClNO5/c1-5-13-29-21-12-11-20(15-22(21)28-4)31-17(3)16-26-24(27)23(30-14-6-2)18-7-9-19(25)10-8-18/h1-2,7-12,15,17,23H,13-14,16H2,3-4H3,(H,26,27)/t17-,23?/m1/s1. The Hall–Kier alpha value is -3.32. The van der Waals surface area contributed by atoms with Crippen molar-refractivity contribution in [3.05, 3.63) is 53.1 Å². The fraction of sp³-hybridized carbons (Fsp3) is 0.292. The second-order valence-electron chi connectivity index (χ2n) is 6.43. The van der Waals surface area contributed by atoms with E-state index in [9.17, 15) is 4.79 Å². The van der Waals surface area contributed by atoms with Crippen LogP contribution in [0.2, 0.25) is 5.02 Å². The van der Waals surface area contributed by atoms with Gasteiger partial charge in [0.05, 0.1) is 13.7 Å². The van der Waals surface area contributed by atoms with Crippen molar-refractivity contribution in [3.63, 3.8) is 0 Å². The number of rotatable bonds is 11. The third-order valence-electron chi connectivity index (χ3n) is 4.09. The molecule has 162 valence electrons. The Balaban J connectivity index is 1.97. The molecule has 7 heteroatoms. The largest absolute Gasteiger partial charge is 0.493 e. The maximum atomic E-state index is 12.7. The first-order valence-corrected chi connectivity index (χ1v) is 9.85. The second-order valence-corrected chi connectivity index (χ2v) is 6.86. The van der Waals surface area contributed by atoms with Gasteiger partial charge in [0.25, 0.3) is 5.91 Å². The zero-order chi connectivity index (χ0) is 22.6. The summed E-state index contributed by atoms with van der Waals surface area (Å²) in [4.78, 5) is 12.7. The number of amides is 1. The van der Waals surface area contributed by atoms with Crippen LogP contribution in [0.4, 0.5) is 0 Å². The molecule has 1 amide bonds. The highest BCUT2D eigenvalue weighted by Gasteiger charge is 2.22. The molecule has 1 unspecified atom stereocenters. The maximum absolute atomic E-state index is 12.7. The van der Waals surface area contributed by atoms with Crippen LogP contribution in [0.5, 0.6) is 17.2 Å². The highest BCUT2D eigenvalue weighted by molar-refractivity contribution is 6.30. The third-order valence-corrected chi connectivity index (χ3v) is 4.34. The first-order valence-electron chi connectivity index (χ1n) is 9.47. The van der Waals surface area contributed by atoms with Gasteiger partial charge >= 0.3 is 0 Å². The quantitative estimate of drug-likeness (QED) is 0.539. The molecule has 6 nitrogen and oxygen atoms in total. The van der Waals surface area contributed by atoms with E-state index in [2.05, 4.69) is 17.2 Å². The number of hydrogen-bond donors (Lipinski definition) is 1. The van der Waals surface area contributed by atoms with E-state index in [4.69, 9.17) is 43.4 Å². The smallest absolute Gasteiger partial charge is 0.253 e. The van der Waals surface area contributed by atoms with Crippen LogP contribution < -0.4 is 19.5 Å². The lowest BCUT2D eigenvalue weighted by atomic mass is 10.1. The average Bonchev–Trinajstić information content (AvgIpc) is 2.78. The summed E-state index contributed by atoms with van der Waals surface area (Å²) >= 11 is 5.92. The summed E-state index contributed by atoms with van der Waals surface area (Å²) in [7, 11) is 1.53. The number of carbonyl (C=O) groups is 1. The Morgan fingerprint density at radius 1 is 1.10 bits per heavy atom. The van der Waals surface area contributed by atoms with Crippen LogP contribution >= 0.6 is 11.6 Å². The summed E-state index contributed by atoms with van der Waals surface area (Å²) < 4.78 is 22.1. The van der Waals surface area contributed by atoms with Crippen molar-refractivity contribution in [2.24, 2.45) is 0 Å². The van der Waals surface area contributed by atoms with Crippen LogP contribution in [0.15, 0.2) is 42.5 Å². The molecule has 0 saturated heterocycles. The van der Waals surface area contributed by atoms with Crippen LogP contribution in [0, 0.1) is 24.7 Å². The Labute approximate surface area is 187 Å². The number of ether oxygens (including phenoxy) is 4. The Morgan fingerprint density at radius 3 is 2.45 bits per heavy atom. The van der Waals surface area contributed by atoms with Gasteiger partial charge in [0, 0.05) is 11.1 Å². The lowest BCUT2D eigenvalue weighted by molar-refractivity contribution is -0.132. The summed E-state index contributed by atoms with van der Waals surface area (Å²) in [5.41, 5.74) is 0.651. The molecule has 0 saturated carbocycles. The average molecular weight is 442 g/mol. The Morgan fingerprint density at radius 2 is 1.81 bits per heavy atom. The van der Waals surface area contributed by atoms with Crippen molar-refractivity contribution in [2.45, 2.75) is 19.1 Å². The molecule has 0 heterocycles. The molecule has 0 aliphatic rings. The predicted molar refractivity (Wildman–Crippen MR) is 119 cm³/mol. The van der Waals surface area contributed by atoms with Crippen molar-refractivity contribution < 1.29 is 23.7 Å². The molecule has 0 aromatic heterocycles. The highest BCUT2D eigenvalue weighted by atomic mass is 35.5. The van der Waals surface area contributed by atoms with Crippen molar-refractivity contribution in [1.29, 1.82) is 0 Å². The van der Waals surface area contributed by atoms with Gasteiger partial charge in [-0.05, 0) is 36.8 Å². The fourth-order valence-electron chi connectivity index (χ4n) is 2.66. The molecular formula is C24H24ClNO5. The van der Waals surface area contributed by atoms with Crippen LogP contribution in [0.1, 0.15) is 18.6 Å². The zero-order valence-corrected chi connectivity index (χ0v) is 18.1. The lowest BCUT2D eigenvalue weighted by Crippen LogP contribution is -2.37. The summed E-state index contributed by atoms with van der Waals surface area (Å²) in [5, 5.41) is 3.39. The molecule has 31 heavy (non-hydrogen) atoms. The van der Waals surface area contributed by atoms with E-state index in [1.165, 1.54) is 7.11 Å². The Bertz CT molecular complexity index is 946. The summed E-state index contributed by atoms with van der Waals surface area (Å²) in [6.07, 6.45) is 9.30. The number of hydrogen-bond acceptors (Lipinski definition) is 5. The molecule has 0 bridgehead atoms. The molecule has 2 aromatic carbocycles. The van der Waals surface area contributed by atoms with Crippen molar-refractivity contribution in [1.82, 2.24) is 5.32 Å². The van der Waals surface area contributed by atoms with E-state index in [1.54, 1.807) is 42.5 Å². The minimum absolute atomic E-state index is 0.000652. The Kier molecular flexibility index (Phi) is 9.58. The summed E-state index contributed by atoms with van der Waals surface area (Å²) in [5.74, 6) is 6.02. The van der Waals surface area contributed by atoms with Crippen molar-refractivity contribution >= 4 is 17.5 Å². The normalized spacial score (nSPS) is 12.0. The highest BCUT2D eigenvalue weighted by Crippen LogP contribution is 2.31. The number of halogens is 1. The van der Waals surface area contributed by atoms with Crippen LogP contribution in [0.3, 0.4) is 0 Å². The van der Waals surface area contributed by atoms with Gasteiger partial charge < -0.3 is 24.3 Å². The zero-order valence-electron chi connectivity index (χ0n) is 17.4. The predicted octanol–water partition coefficient (Wildman–Crippen LogP) is 3.64. The molecule has 0 aliphatic heterocycles. The molecule has 2 aromatic rings. The van der Waals surface area contributed by atoms with Crippen molar-refractivity contribution in [3.8, 4) is 41.9 Å². The second kappa shape index (κ2) is 12.4. The van der Waals surface area contributed by atoms with Crippen LogP contribution in [0.25, 0.3) is 0 Å². The van der Waals surface area contributed by atoms with Gasteiger partial charge in [0.15, 0.2) is 17.6 Å². The first kappa shape index (κ1) is 24.0. The van der Waals surface area contributed by atoms with E-state index in [0.717, 1.165) is 0 Å². The van der Waals surface area contributed by atoms with Crippen molar-refractivity contribution in [2.75, 3.05) is 26.9 Å². The molecule has 1 N–H and O–H groups in total. The molecule has 0 aliphatic carbocycles. The van der Waals surface area contributed by atoms with Gasteiger partial charge in [0.1, 0.15) is 25.1 Å². The molecule has 2 atom stereocenters. The number of nitrogens with one attached hydrogen (secondary N) is 1. The molecular weight excluding hydrogens is 418 g/mol. The van der Waals surface area contributed by atoms with E-state index in [1.807, 2.05) is 6.92 Å². The van der Waals surface area contributed by atoms with Crippen LogP contribution in [-0.2, 0) is 9.53 Å². The van der Waals surface area contributed by atoms with Gasteiger partial charge in [-0.25, -0.2) is 0 Å². The number of terminal acetylenes is 2. The maximum Gasteiger partial charge on any atom is 0.253 e. The number of methoxy groups -OCH3 is 1. The van der Waals surface area contributed by atoms with E-state index in [0.29, 0.717) is 27.8 Å². The number of benzene rings is 2. The molecule has 0 spiro atoms. The third kappa shape index (κ3) is 7.46. The minimum atomic E-state index is -0.854. The number of carbonyl (C=O) groups excluding carboxylic acids is 1. The SMILES string of the molecule is C#CCOc1ccc(O[C@H](C)CNC(=O)C(OCC#C)c2ccc(Cl)cc2)cc1OC. The van der Waals surface area contributed by atoms with Gasteiger partial charge in [-0.3, -0.25) is 4.79 Å². The lowest BCUT2D eigenvalue weighted by Gasteiger charge is -2.20.